The molecule has 1 fully saturated rings. The highest BCUT2D eigenvalue weighted by Gasteiger charge is 2.26. The summed E-state index contributed by atoms with van der Waals surface area (Å²) in [5.74, 6) is 0. The molecule has 17 heavy (non-hydrogen) atoms. The predicted octanol–water partition coefficient (Wildman–Crippen LogP) is 1.58. The molecule has 94 valence electrons. The largest absolute Gasteiger partial charge is 0.394 e. The first-order chi connectivity index (χ1) is 8.22. The number of nitrogens with zero attached hydrogens (tertiary/aromatic N) is 2. The van der Waals surface area contributed by atoms with Crippen LogP contribution in [0.25, 0.3) is 0 Å². The molecule has 1 aromatic carbocycles. The monoisotopic (exact) mass is 234 g/mol. The minimum Gasteiger partial charge on any atom is -0.394 e. The molecule has 0 aliphatic carbocycles. The number of hydrogen-bond donors (Lipinski definition) is 1. The summed E-state index contributed by atoms with van der Waals surface area (Å²) in [6.07, 6.45) is 1.14. The van der Waals surface area contributed by atoms with E-state index in [1.165, 1.54) is 5.69 Å². The van der Waals surface area contributed by atoms with Gasteiger partial charge in [-0.25, -0.2) is 0 Å². The maximum atomic E-state index is 9.58. The summed E-state index contributed by atoms with van der Waals surface area (Å²) in [4.78, 5) is 4.67. The molecule has 0 radical (unpaired) electrons. The van der Waals surface area contributed by atoms with Crippen molar-refractivity contribution in [2.24, 2.45) is 0 Å². The molecule has 2 atom stereocenters. The van der Waals surface area contributed by atoms with Crippen LogP contribution in [-0.4, -0.2) is 48.8 Å². The lowest BCUT2D eigenvalue weighted by Gasteiger charge is -2.31. The van der Waals surface area contributed by atoms with Crippen molar-refractivity contribution in [3.8, 4) is 0 Å². The number of para-hydroxylation sites is 1. The molecule has 1 aliphatic heterocycles. The SMILES string of the molecule is CC1CCN(c2ccccc2)C(CO)CN1C. The van der Waals surface area contributed by atoms with Crippen LogP contribution >= 0.6 is 0 Å². The van der Waals surface area contributed by atoms with Gasteiger partial charge in [-0.3, -0.25) is 0 Å². The molecule has 1 saturated heterocycles. The molecule has 3 heteroatoms. The van der Waals surface area contributed by atoms with E-state index >= 15 is 0 Å². The van der Waals surface area contributed by atoms with E-state index in [1.807, 2.05) is 6.07 Å². The van der Waals surface area contributed by atoms with Crippen molar-refractivity contribution in [2.75, 3.05) is 31.6 Å². The van der Waals surface area contributed by atoms with E-state index in [0.717, 1.165) is 19.5 Å². The molecular formula is C14H22N2O. The van der Waals surface area contributed by atoms with Crippen molar-refractivity contribution in [3.63, 3.8) is 0 Å². The lowest BCUT2D eigenvalue weighted by Crippen LogP contribution is -2.43. The fraction of sp³-hybridized carbons (Fsp3) is 0.571. The first-order valence-corrected chi connectivity index (χ1v) is 6.35. The van der Waals surface area contributed by atoms with Crippen LogP contribution in [0.2, 0.25) is 0 Å². The van der Waals surface area contributed by atoms with Gasteiger partial charge in [0.1, 0.15) is 0 Å². The van der Waals surface area contributed by atoms with E-state index < -0.39 is 0 Å². The van der Waals surface area contributed by atoms with Gasteiger partial charge in [-0.05, 0) is 32.5 Å². The summed E-state index contributed by atoms with van der Waals surface area (Å²) in [6.45, 7) is 4.40. The Kier molecular flexibility index (Phi) is 4.02. The van der Waals surface area contributed by atoms with Crippen LogP contribution in [0, 0.1) is 0 Å². The van der Waals surface area contributed by atoms with Gasteiger partial charge in [-0.2, -0.15) is 0 Å². The second-order valence-electron chi connectivity index (χ2n) is 4.94. The van der Waals surface area contributed by atoms with E-state index in [1.54, 1.807) is 0 Å². The van der Waals surface area contributed by atoms with Crippen molar-refractivity contribution in [3.05, 3.63) is 30.3 Å². The van der Waals surface area contributed by atoms with Gasteiger partial charge in [-0.1, -0.05) is 18.2 Å². The highest BCUT2D eigenvalue weighted by atomic mass is 16.3. The Morgan fingerprint density at radius 2 is 2.00 bits per heavy atom. The quantitative estimate of drug-likeness (QED) is 0.841. The van der Waals surface area contributed by atoms with Crippen molar-refractivity contribution in [2.45, 2.75) is 25.4 Å². The smallest absolute Gasteiger partial charge is 0.0647 e. The second-order valence-corrected chi connectivity index (χ2v) is 4.94. The summed E-state index contributed by atoms with van der Waals surface area (Å²) >= 11 is 0. The number of rotatable bonds is 2. The van der Waals surface area contributed by atoms with Gasteiger partial charge in [0.25, 0.3) is 0 Å². The standard InChI is InChI=1S/C14H22N2O/c1-12-8-9-16(13-6-4-3-5-7-13)14(11-17)10-15(12)2/h3-7,12,14,17H,8-11H2,1-2H3. The van der Waals surface area contributed by atoms with Crippen LogP contribution in [0.5, 0.6) is 0 Å². The zero-order valence-corrected chi connectivity index (χ0v) is 10.7. The van der Waals surface area contributed by atoms with Crippen molar-refractivity contribution in [1.82, 2.24) is 4.90 Å². The summed E-state index contributed by atoms with van der Waals surface area (Å²) in [5.41, 5.74) is 1.22. The third-order valence-corrected chi connectivity index (χ3v) is 3.78. The Bertz CT molecular complexity index is 341. The average molecular weight is 234 g/mol. The number of aliphatic hydroxyl groups is 1. The minimum absolute atomic E-state index is 0.201. The van der Waals surface area contributed by atoms with E-state index in [0.29, 0.717) is 6.04 Å². The van der Waals surface area contributed by atoms with Crippen molar-refractivity contribution in [1.29, 1.82) is 0 Å². The summed E-state index contributed by atoms with van der Waals surface area (Å²) in [5, 5.41) is 9.58. The van der Waals surface area contributed by atoms with Crippen LogP contribution in [0.15, 0.2) is 30.3 Å². The Balaban J connectivity index is 2.20. The highest BCUT2D eigenvalue weighted by molar-refractivity contribution is 5.47. The maximum absolute atomic E-state index is 9.58. The average Bonchev–Trinajstić information content (AvgIpc) is 2.51. The molecule has 0 spiro atoms. The van der Waals surface area contributed by atoms with Crippen molar-refractivity contribution < 1.29 is 5.11 Å². The molecule has 0 amide bonds. The molecule has 0 bridgehead atoms. The maximum Gasteiger partial charge on any atom is 0.0647 e. The molecule has 0 saturated carbocycles. The van der Waals surface area contributed by atoms with Gasteiger partial charge < -0.3 is 14.9 Å². The second kappa shape index (κ2) is 5.52. The predicted molar refractivity (Wildman–Crippen MR) is 71.4 cm³/mol. The molecule has 1 aromatic rings. The Hall–Kier alpha value is -1.06. The highest BCUT2D eigenvalue weighted by Crippen LogP contribution is 2.21. The summed E-state index contributed by atoms with van der Waals surface area (Å²) < 4.78 is 0. The first-order valence-electron chi connectivity index (χ1n) is 6.35. The Labute approximate surface area is 104 Å². The van der Waals surface area contributed by atoms with E-state index in [-0.39, 0.29) is 12.6 Å². The van der Waals surface area contributed by atoms with E-state index in [9.17, 15) is 5.11 Å². The number of aliphatic hydroxyl groups excluding tert-OH is 1. The van der Waals surface area contributed by atoms with Gasteiger partial charge in [-0.15, -0.1) is 0 Å². The Morgan fingerprint density at radius 1 is 1.29 bits per heavy atom. The summed E-state index contributed by atoms with van der Waals surface area (Å²) in [7, 11) is 2.14. The number of anilines is 1. The fourth-order valence-corrected chi connectivity index (χ4v) is 2.46. The molecule has 1 N–H and O–H groups in total. The third-order valence-electron chi connectivity index (χ3n) is 3.78. The van der Waals surface area contributed by atoms with Crippen molar-refractivity contribution >= 4 is 5.69 Å². The molecule has 1 heterocycles. The molecule has 1 aliphatic rings. The molecular weight excluding hydrogens is 212 g/mol. The van der Waals surface area contributed by atoms with E-state index in [4.69, 9.17) is 0 Å². The number of benzene rings is 1. The van der Waals surface area contributed by atoms with E-state index in [2.05, 4.69) is 48.0 Å². The van der Waals surface area contributed by atoms with Crippen LogP contribution < -0.4 is 4.90 Å². The minimum atomic E-state index is 0.201. The summed E-state index contributed by atoms with van der Waals surface area (Å²) in [6, 6.07) is 11.2. The zero-order valence-electron chi connectivity index (χ0n) is 10.7. The van der Waals surface area contributed by atoms with Crippen LogP contribution in [0.3, 0.4) is 0 Å². The van der Waals surface area contributed by atoms with Gasteiger partial charge in [0, 0.05) is 24.8 Å². The molecule has 2 rings (SSSR count). The fourth-order valence-electron chi connectivity index (χ4n) is 2.46. The van der Waals surface area contributed by atoms with Gasteiger partial charge in [0.2, 0.25) is 0 Å². The van der Waals surface area contributed by atoms with Crippen LogP contribution in [0.4, 0.5) is 5.69 Å². The number of hydrogen-bond acceptors (Lipinski definition) is 3. The van der Waals surface area contributed by atoms with Crippen LogP contribution in [0.1, 0.15) is 13.3 Å². The van der Waals surface area contributed by atoms with Gasteiger partial charge in [0.15, 0.2) is 0 Å². The Morgan fingerprint density at radius 3 is 2.65 bits per heavy atom. The lowest BCUT2D eigenvalue weighted by molar-refractivity contribution is 0.206. The topological polar surface area (TPSA) is 26.7 Å². The lowest BCUT2D eigenvalue weighted by atomic mass is 10.2. The zero-order chi connectivity index (χ0) is 12.3. The van der Waals surface area contributed by atoms with Gasteiger partial charge >= 0.3 is 0 Å². The van der Waals surface area contributed by atoms with Gasteiger partial charge in [0.05, 0.1) is 12.6 Å². The molecule has 0 aromatic heterocycles. The number of likely N-dealkylation sites (N-methyl/N-ethyl adjacent to an activating group) is 1. The first kappa shape index (κ1) is 12.4. The molecule has 3 nitrogen and oxygen atoms in total. The molecule has 2 unspecified atom stereocenters. The normalized spacial score (nSPS) is 26.9. The van der Waals surface area contributed by atoms with Crippen LogP contribution in [-0.2, 0) is 0 Å². The third kappa shape index (κ3) is 2.79.